The van der Waals surface area contributed by atoms with Crippen LogP contribution in [0.4, 0.5) is 5.69 Å². The predicted molar refractivity (Wildman–Crippen MR) is 78.2 cm³/mol. The third-order valence-corrected chi connectivity index (χ3v) is 3.06. The molecule has 0 fully saturated rings. The second-order valence-corrected chi connectivity index (χ2v) is 4.73. The van der Waals surface area contributed by atoms with Gasteiger partial charge in [0.15, 0.2) is 0 Å². The van der Waals surface area contributed by atoms with E-state index >= 15 is 0 Å². The Hall–Kier alpha value is -2.53. The number of unbranched alkanes of at least 4 members (excludes halogenated alkanes) is 1. The molecule has 0 radical (unpaired) electrons. The summed E-state index contributed by atoms with van der Waals surface area (Å²) in [6.07, 6.45) is 2.09. The van der Waals surface area contributed by atoms with Crippen molar-refractivity contribution in [1.82, 2.24) is 5.32 Å². The number of carbonyl (C=O) groups is 2. The molecule has 2 N–H and O–H groups in total. The first-order valence-electron chi connectivity index (χ1n) is 6.70. The Morgan fingerprint density at radius 1 is 1.33 bits per heavy atom. The van der Waals surface area contributed by atoms with Gasteiger partial charge in [0.1, 0.15) is 0 Å². The lowest BCUT2D eigenvalue weighted by Gasteiger charge is -2.07. The Morgan fingerprint density at radius 3 is 2.57 bits per heavy atom. The maximum Gasteiger partial charge on any atom is 0.306 e. The number of nitrogens with one attached hydrogen (secondary N) is 1. The molecule has 0 aliphatic rings. The summed E-state index contributed by atoms with van der Waals surface area (Å²) >= 11 is 0. The minimum atomic E-state index is -0.792. The largest absolute Gasteiger partial charge is 0.481 e. The molecule has 0 heterocycles. The molecular formula is C14H18N4O3. The van der Waals surface area contributed by atoms with E-state index in [1.807, 2.05) is 0 Å². The van der Waals surface area contributed by atoms with Crippen LogP contribution in [-0.4, -0.2) is 23.5 Å². The van der Waals surface area contributed by atoms with Crippen molar-refractivity contribution in [3.05, 3.63) is 40.3 Å². The normalized spacial score (nSPS) is 11.3. The molecular weight excluding hydrogens is 272 g/mol. The summed E-state index contributed by atoms with van der Waals surface area (Å²) < 4.78 is 0. The molecule has 0 saturated heterocycles. The lowest BCUT2D eigenvalue weighted by Crippen LogP contribution is -2.24. The first-order chi connectivity index (χ1) is 10.0. The van der Waals surface area contributed by atoms with Gasteiger partial charge in [-0.2, -0.15) is 0 Å². The summed E-state index contributed by atoms with van der Waals surface area (Å²) in [5.41, 5.74) is 9.23. The van der Waals surface area contributed by atoms with Gasteiger partial charge in [-0.25, -0.2) is 0 Å². The molecule has 1 aromatic rings. The van der Waals surface area contributed by atoms with Crippen molar-refractivity contribution in [2.45, 2.75) is 26.2 Å². The van der Waals surface area contributed by atoms with Gasteiger partial charge in [0, 0.05) is 22.7 Å². The van der Waals surface area contributed by atoms with Crippen LogP contribution in [-0.2, 0) is 4.79 Å². The maximum absolute atomic E-state index is 11.8. The summed E-state index contributed by atoms with van der Waals surface area (Å²) in [5.74, 6) is -1.35. The van der Waals surface area contributed by atoms with E-state index < -0.39 is 5.97 Å². The number of azide groups is 1. The maximum atomic E-state index is 11.8. The predicted octanol–water partition coefficient (Wildman–Crippen LogP) is 3.25. The van der Waals surface area contributed by atoms with Gasteiger partial charge in [-0.05, 0) is 30.5 Å². The van der Waals surface area contributed by atoms with Crippen LogP contribution in [0, 0.1) is 5.92 Å². The molecule has 7 nitrogen and oxygen atoms in total. The third kappa shape index (κ3) is 5.97. The highest BCUT2D eigenvalue weighted by molar-refractivity contribution is 5.94. The van der Waals surface area contributed by atoms with Gasteiger partial charge < -0.3 is 10.4 Å². The van der Waals surface area contributed by atoms with Crippen LogP contribution in [0.25, 0.3) is 10.4 Å². The Kier molecular flexibility index (Phi) is 6.77. The molecule has 0 unspecified atom stereocenters. The summed E-state index contributed by atoms with van der Waals surface area (Å²) in [6.45, 7) is 2.18. The zero-order valence-corrected chi connectivity index (χ0v) is 11.8. The lowest BCUT2D eigenvalue weighted by molar-refractivity contribution is -0.141. The average molecular weight is 290 g/mol. The van der Waals surface area contributed by atoms with Crippen LogP contribution in [0.1, 0.15) is 36.5 Å². The van der Waals surface area contributed by atoms with Crippen LogP contribution in [0.2, 0.25) is 0 Å². The smallest absolute Gasteiger partial charge is 0.306 e. The number of aliphatic carboxylic acids is 1. The molecule has 0 spiro atoms. The minimum absolute atomic E-state index is 0.200. The van der Waals surface area contributed by atoms with Crippen molar-refractivity contribution >= 4 is 17.6 Å². The van der Waals surface area contributed by atoms with E-state index in [0.29, 0.717) is 24.2 Å². The third-order valence-electron chi connectivity index (χ3n) is 3.06. The Morgan fingerprint density at radius 2 is 2.00 bits per heavy atom. The molecule has 0 aliphatic carbocycles. The summed E-state index contributed by atoms with van der Waals surface area (Å²) in [6, 6.07) is 6.32. The number of carboxylic acids is 1. The fraction of sp³-hybridized carbons (Fsp3) is 0.429. The molecule has 0 bridgehead atoms. The lowest BCUT2D eigenvalue weighted by atomic mass is 10.0. The van der Waals surface area contributed by atoms with Crippen molar-refractivity contribution in [1.29, 1.82) is 0 Å². The average Bonchev–Trinajstić information content (AvgIpc) is 2.47. The zero-order chi connectivity index (χ0) is 15.7. The highest BCUT2D eigenvalue weighted by Crippen LogP contribution is 2.13. The van der Waals surface area contributed by atoms with E-state index in [9.17, 15) is 9.59 Å². The first-order valence-corrected chi connectivity index (χ1v) is 6.70. The number of nitrogens with zero attached hydrogens (tertiary/aromatic N) is 3. The van der Waals surface area contributed by atoms with Crippen molar-refractivity contribution in [3.63, 3.8) is 0 Å². The van der Waals surface area contributed by atoms with Gasteiger partial charge in [-0.15, -0.1) is 0 Å². The van der Waals surface area contributed by atoms with Gasteiger partial charge in [0.25, 0.3) is 5.91 Å². The molecule has 1 amide bonds. The van der Waals surface area contributed by atoms with Crippen LogP contribution in [0.5, 0.6) is 0 Å². The number of rotatable bonds is 8. The van der Waals surface area contributed by atoms with E-state index in [4.69, 9.17) is 10.6 Å². The van der Waals surface area contributed by atoms with Crippen LogP contribution in [0.15, 0.2) is 29.4 Å². The Bertz CT molecular complexity index is 536. The number of hydrogen-bond acceptors (Lipinski definition) is 3. The SMILES string of the molecule is C[C@@H](CCCCNC(=O)c1ccc(N=[N+]=[N-])cc1)C(=O)O. The van der Waals surface area contributed by atoms with E-state index in [2.05, 4.69) is 15.3 Å². The van der Waals surface area contributed by atoms with Gasteiger partial charge in [0.2, 0.25) is 0 Å². The fourth-order valence-electron chi connectivity index (χ4n) is 1.73. The number of amides is 1. The molecule has 21 heavy (non-hydrogen) atoms. The molecule has 7 heteroatoms. The molecule has 0 aromatic heterocycles. The van der Waals surface area contributed by atoms with Crippen LogP contribution >= 0.6 is 0 Å². The second kappa shape index (κ2) is 8.60. The van der Waals surface area contributed by atoms with E-state index in [1.54, 1.807) is 31.2 Å². The van der Waals surface area contributed by atoms with Crippen molar-refractivity contribution in [2.75, 3.05) is 6.54 Å². The molecule has 0 saturated carbocycles. The van der Waals surface area contributed by atoms with Gasteiger partial charge in [-0.3, -0.25) is 9.59 Å². The number of hydrogen-bond donors (Lipinski definition) is 2. The number of carboxylic acid groups (broad SMARTS) is 1. The Balaban J connectivity index is 2.30. The highest BCUT2D eigenvalue weighted by atomic mass is 16.4. The molecule has 112 valence electrons. The molecule has 1 rings (SSSR count). The number of carbonyl (C=O) groups excluding carboxylic acids is 1. The van der Waals surface area contributed by atoms with Crippen LogP contribution < -0.4 is 5.32 Å². The highest BCUT2D eigenvalue weighted by Gasteiger charge is 2.10. The quantitative estimate of drug-likeness (QED) is 0.331. The molecule has 1 aromatic carbocycles. The Labute approximate surface area is 122 Å². The van der Waals surface area contributed by atoms with Crippen molar-refractivity contribution < 1.29 is 14.7 Å². The van der Waals surface area contributed by atoms with E-state index in [-0.39, 0.29) is 11.8 Å². The van der Waals surface area contributed by atoms with Crippen molar-refractivity contribution in [3.8, 4) is 0 Å². The van der Waals surface area contributed by atoms with Crippen LogP contribution in [0.3, 0.4) is 0 Å². The molecule has 0 aliphatic heterocycles. The first kappa shape index (κ1) is 16.5. The minimum Gasteiger partial charge on any atom is -0.481 e. The van der Waals surface area contributed by atoms with E-state index in [0.717, 1.165) is 12.8 Å². The van der Waals surface area contributed by atoms with E-state index in [1.165, 1.54) is 0 Å². The van der Waals surface area contributed by atoms with Gasteiger partial charge >= 0.3 is 5.97 Å². The van der Waals surface area contributed by atoms with Gasteiger partial charge in [0.05, 0.1) is 5.92 Å². The topological polar surface area (TPSA) is 115 Å². The number of benzene rings is 1. The van der Waals surface area contributed by atoms with Gasteiger partial charge in [-0.1, -0.05) is 30.6 Å². The summed E-state index contributed by atoms with van der Waals surface area (Å²) in [5, 5.41) is 14.9. The standard InChI is InChI=1S/C14H18N4O3/c1-10(14(20)21)4-2-3-9-16-13(19)11-5-7-12(8-6-11)17-18-15/h5-8,10H,2-4,9H2,1H3,(H,16,19)(H,20,21)/t10-/m0/s1. The molecule has 1 atom stereocenters. The van der Waals surface area contributed by atoms with Crippen molar-refractivity contribution in [2.24, 2.45) is 11.0 Å². The zero-order valence-electron chi connectivity index (χ0n) is 11.8. The summed E-state index contributed by atoms with van der Waals surface area (Å²) in [7, 11) is 0. The second-order valence-electron chi connectivity index (χ2n) is 4.73. The monoisotopic (exact) mass is 290 g/mol. The fourth-order valence-corrected chi connectivity index (χ4v) is 1.73. The summed E-state index contributed by atoms with van der Waals surface area (Å²) in [4.78, 5) is 25.1.